The fraction of sp³-hybridized carbons (Fsp3) is 0.389. The first-order chi connectivity index (χ1) is 13.4. The molecule has 1 aromatic heterocycles. The van der Waals surface area contributed by atoms with Crippen LogP contribution in [0.15, 0.2) is 40.3 Å². The maximum atomic E-state index is 12.5. The molecule has 1 fully saturated rings. The predicted molar refractivity (Wildman–Crippen MR) is 108 cm³/mol. The van der Waals surface area contributed by atoms with Gasteiger partial charge < -0.3 is 9.42 Å². The van der Waals surface area contributed by atoms with Crippen LogP contribution in [0.5, 0.6) is 0 Å². The lowest BCUT2D eigenvalue weighted by Gasteiger charge is -2.33. The van der Waals surface area contributed by atoms with Crippen molar-refractivity contribution in [3.05, 3.63) is 53.0 Å². The fourth-order valence-electron chi connectivity index (χ4n) is 2.73. The Bertz CT molecular complexity index is 920. The molecule has 0 unspecified atom stereocenters. The summed E-state index contributed by atoms with van der Waals surface area (Å²) < 4.78 is 31.3. The molecule has 28 heavy (non-hydrogen) atoms. The fourth-order valence-corrected chi connectivity index (χ4v) is 4.66. The molecular weight excluding hydrogens is 400 g/mol. The van der Waals surface area contributed by atoms with Gasteiger partial charge in [-0.25, -0.2) is 8.42 Å². The van der Waals surface area contributed by atoms with Crippen LogP contribution in [-0.4, -0.2) is 65.6 Å². The number of rotatable bonds is 7. The maximum Gasteiger partial charge on any atom is 0.236 e. The monoisotopic (exact) mass is 422 g/mol. The Kier molecular flexibility index (Phi) is 6.87. The summed E-state index contributed by atoms with van der Waals surface area (Å²) >= 11 is 1.41. The largest absolute Gasteiger partial charge is 0.340 e. The van der Waals surface area contributed by atoms with Crippen molar-refractivity contribution in [1.29, 1.82) is 0 Å². The molecule has 0 atom stereocenters. The van der Waals surface area contributed by atoms with Crippen LogP contribution in [0.25, 0.3) is 6.08 Å². The first-order valence-corrected chi connectivity index (χ1v) is 11.5. The Morgan fingerprint density at radius 1 is 1.21 bits per heavy atom. The lowest BCUT2D eigenvalue weighted by Crippen LogP contribution is -2.50. The van der Waals surface area contributed by atoms with Crippen molar-refractivity contribution < 1.29 is 17.7 Å². The standard InChI is InChI=1S/C18H22N4O4S2/c1-15-19-17(20-26-15)13-27-14-18(23)21-8-10-22(11-9-21)28(24,25)12-7-16-5-3-2-4-6-16/h2-7,12H,8-11,13-14H2,1H3/b12-7+. The Hall–Kier alpha value is -2.17. The first-order valence-electron chi connectivity index (χ1n) is 8.82. The average molecular weight is 423 g/mol. The first kappa shape index (κ1) is 20.6. The number of sulfonamides is 1. The number of hydrogen-bond donors (Lipinski definition) is 0. The molecule has 8 nitrogen and oxygen atoms in total. The van der Waals surface area contributed by atoms with E-state index < -0.39 is 10.0 Å². The Balaban J connectivity index is 1.45. The van der Waals surface area contributed by atoms with E-state index in [9.17, 15) is 13.2 Å². The van der Waals surface area contributed by atoms with Crippen LogP contribution >= 0.6 is 11.8 Å². The molecule has 150 valence electrons. The molecule has 3 rings (SSSR count). The second-order valence-corrected chi connectivity index (χ2v) is 9.06. The van der Waals surface area contributed by atoms with Gasteiger partial charge in [0.1, 0.15) is 0 Å². The molecule has 0 spiro atoms. The third-order valence-corrected chi connectivity index (χ3v) is 6.69. The van der Waals surface area contributed by atoms with Gasteiger partial charge in [-0.2, -0.15) is 9.29 Å². The number of benzene rings is 1. The van der Waals surface area contributed by atoms with Crippen molar-refractivity contribution in [1.82, 2.24) is 19.3 Å². The number of thioether (sulfide) groups is 1. The van der Waals surface area contributed by atoms with Crippen molar-refractivity contribution in [3.8, 4) is 0 Å². The van der Waals surface area contributed by atoms with Crippen molar-refractivity contribution in [3.63, 3.8) is 0 Å². The second-order valence-electron chi connectivity index (χ2n) is 6.26. The van der Waals surface area contributed by atoms with Crippen LogP contribution in [0.4, 0.5) is 0 Å². The van der Waals surface area contributed by atoms with Crippen molar-refractivity contribution in [2.24, 2.45) is 0 Å². The van der Waals surface area contributed by atoms with Gasteiger partial charge in [0.2, 0.25) is 21.8 Å². The van der Waals surface area contributed by atoms with E-state index in [0.29, 0.717) is 49.4 Å². The molecule has 1 aromatic carbocycles. The molecule has 2 aromatic rings. The molecular formula is C18H22N4O4S2. The summed E-state index contributed by atoms with van der Waals surface area (Å²) in [4.78, 5) is 18.1. The zero-order valence-corrected chi connectivity index (χ0v) is 17.2. The maximum absolute atomic E-state index is 12.5. The SMILES string of the molecule is Cc1nc(CSCC(=O)N2CCN(S(=O)(=O)/C=C/c3ccccc3)CC2)no1. The zero-order chi connectivity index (χ0) is 20.0. The Labute approximate surface area is 168 Å². The summed E-state index contributed by atoms with van der Waals surface area (Å²) in [5, 5.41) is 5.01. The lowest BCUT2D eigenvalue weighted by molar-refractivity contribution is -0.129. The van der Waals surface area contributed by atoms with Gasteiger partial charge in [0, 0.05) is 38.5 Å². The van der Waals surface area contributed by atoms with E-state index in [1.807, 2.05) is 30.3 Å². The van der Waals surface area contributed by atoms with Crippen LogP contribution in [0.2, 0.25) is 0 Å². The van der Waals surface area contributed by atoms with Crippen LogP contribution in [0.1, 0.15) is 17.3 Å². The summed E-state index contributed by atoms with van der Waals surface area (Å²) in [7, 11) is -3.50. The van der Waals surface area contributed by atoms with Crippen LogP contribution in [0.3, 0.4) is 0 Å². The second kappa shape index (κ2) is 9.35. The van der Waals surface area contributed by atoms with Gasteiger partial charge in [-0.1, -0.05) is 35.5 Å². The average Bonchev–Trinajstić information content (AvgIpc) is 3.12. The van der Waals surface area contributed by atoms with Gasteiger partial charge in [-0.15, -0.1) is 11.8 Å². The van der Waals surface area contributed by atoms with E-state index in [2.05, 4.69) is 10.1 Å². The molecule has 0 bridgehead atoms. The zero-order valence-electron chi connectivity index (χ0n) is 15.5. The van der Waals surface area contributed by atoms with Gasteiger partial charge in [0.05, 0.1) is 11.5 Å². The van der Waals surface area contributed by atoms with Crippen LogP contribution in [0, 0.1) is 6.92 Å². The summed E-state index contributed by atoms with van der Waals surface area (Å²) in [6.45, 7) is 3.08. The van der Waals surface area contributed by atoms with Crippen molar-refractivity contribution in [2.75, 3.05) is 31.9 Å². The number of carbonyl (C=O) groups excluding carboxylic acids is 1. The number of nitrogens with zero attached hydrogens (tertiary/aromatic N) is 4. The van der Waals surface area contributed by atoms with Gasteiger partial charge in [0.25, 0.3) is 0 Å². The molecule has 10 heteroatoms. The summed E-state index contributed by atoms with van der Waals surface area (Å²) in [6.07, 6.45) is 1.59. The van der Waals surface area contributed by atoms with Crippen LogP contribution in [-0.2, 0) is 20.6 Å². The number of hydrogen-bond acceptors (Lipinski definition) is 7. The topological polar surface area (TPSA) is 96.6 Å². The predicted octanol–water partition coefficient (Wildman–Crippen LogP) is 1.76. The van der Waals surface area contributed by atoms with Crippen LogP contribution < -0.4 is 0 Å². The molecule has 0 aliphatic carbocycles. The molecule has 1 aliphatic rings. The summed E-state index contributed by atoms with van der Waals surface area (Å²) in [5.41, 5.74) is 0.828. The summed E-state index contributed by atoms with van der Waals surface area (Å²) in [6, 6.07) is 9.28. The highest BCUT2D eigenvalue weighted by Crippen LogP contribution is 2.14. The number of aryl methyl sites for hydroxylation is 1. The third-order valence-electron chi connectivity index (χ3n) is 4.21. The van der Waals surface area contributed by atoms with E-state index in [1.165, 1.54) is 21.5 Å². The molecule has 0 N–H and O–H groups in total. The minimum Gasteiger partial charge on any atom is -0.340 e. The van der Waals surface area contributed by atoms with Crippen molar-refractivity contribution in [2.45, 2.75) is 12.7 Å². The lowest BCUT2D eigenvalue weighted by atomic mass is 10.2. The van der Waals surface area contributed by atoms with E-state index in [-0.39, 0.29) is 5.91 Å². The number of piperazine rings is 1. The Morgan fingerprint density at radius 3 is 2.57 bits per heavy atom. The third kappa shape index (κ3) is 5.66. The van der Waals surface area contributed by atoms with E-state index in [1.54, 1.807) is 17.9 Å². The van der Waals surface area contributed by atoms with Gasteiger partial charge in [0.15, 0.2) is 5.82 Å². The normalized spacial score (nSPS) is 16.0. The number of aromatic nitrogens is 2. The molecule has 1 amide bonds. The van der Waals surface area contributed by atoms with Crippen molar-refractivity contribution >= 4 is 33.8 Å². The van der Waals surface area contributed by atoms with Gasteiger partial charge >= 0.3 is 0 Å². The number of amides is 1. The van der Waals surface area contributed by atoms with Gasteiger partial charge in [-0.05, 0) is 11.6 Å². The quantitative estimate of drug-likeness (QED) is 0.671. The Morgan fingerprint density at radius 2 is 1.93 bits per heavy atom. The summed E-state index contributed by atoms with van der Waals surface area (Å²) in [5.74, 6) is 1.86. The molecule has 2 heterocycles. The minimum atomic E-state index is -3.50. The highest BCUT2D eigenvalue weighted by Gasteiger charge is 2.27. The smallest absolute Gasteiger partial charge is 0.236 e. The number of carbonyl (C=O) groups is 1. The van der Waals surface area contributed by atoms with E-state index in [0.717, 1.165) is 5.56 Å². The highest BCUT2D eigenvalue weighted by molar-refractivity contribution is 7.99. The van der Waals surface area contributed by atoms with E-state index in [4.69, 9.17) is 4.52 Å². The molecule has 1 aliphatic heterocycles. The van der Waals surface area contributed by atoms with Gasteiger partial charge in [-0.3, -0.25) is 4.79 Å². The van der Waals surface area contributed by atoms with E-state index >= 15 is 0 Å². The molecule has 1 saturated heterocycles. The highest BCUT2D eigenvalue weighted by atomic mass is 32.2. The minimum absolute atomic E-state index is 0.0120. The molecule has 0 radical (unpaired) electrons. The molecule has 0 saturated carbocycles.